The van der Waals surface area contributed by atoms with E-state index in [1.54, 1.807) is 20.8 Å². The van der Waals surface area contributed by atoms with Crippen molar-refractivity contribution >= 4 is 7.60 Å². The number of rotatable bonds is 5. The van der Waals surface area contributed by atoms with Crippen LogP contribution in [0.5, 0.6) is 0 Å². The predicted octanol–water partition coefficient (Wildman–Crippen LogP) is 2.00. The average Bonchev–Trinajstić information content (AvgIpc) is 2.70. The summed E-state index contributed by atoms with van der Waals surface area (Å²) in [5, 5.41) is -0.682. The Labute approximate surface area is 72.7 Å². The third-order valence-electron chi connectivity index (χ3n) is 1.74. The SMILES string of the molecule is CCOP(=O)(OCC)[C@@]1(C)CO1. The van der Waals surface area contributed by atoms with Crippen LogP contribution in [0, 0.1) is 0 Å². The third-order valence-corrected chi connectivity index (χ3v) is 4.35. The van der Waals surface area contributed by atoms with E-state index in [-0.39, 0.29) is 0 Å². The molecule has 0 aromatic heterocycles. The predicted molar refractivity (Wildman–Crippen MR) is 45.2 cm³/mol. The molecule has 72 valence electrons. The first-order valence-corrected chi connectivity index (χ1v) is 5.65. The zero-order valence-corrected chi connectivity index (χ0v) is 8.60. The Kier molecular flexibility index (Phi) is 2.94. The van der Waals surface area contributed by atoms with Crippen molar-refractivity contribution in [2.24, 2.45) is 0 Å². The minimum absolute atomic E-state index is 0.385. The van der Waals surface area contributed by atoms with Crippen molar-refractivity contribution < 1.29 is 18.3 Å². The second-order valence-corrected chi connectivity index (χ2v) is 5.25. The molecule has 0 spiro atoms. The molecule has 1 aliphatic rings. The maximum Gasteiger partial charge on any atom is 0.364 e. The topological polar surface area (TPSA) is 48.1 Å². The lowest BCUT2D eigenvalue weighted by Gasteiger charge is -2.19. The van der Waals surface area contributed by atoms with Crippen molar-refractivity contribution in [1.82, 2.24) is 0 Å². The summed E-state index contributed by atoms with van der Waals surface area (Å²) in [6, 6.07) is 0. The molecule has 12 heavy (non-hydrogen) atoms. The second-order valence-electron chi connectivity index (χ2n) is 2.80. The first kappa shape index (κ1) is 10.2. The molecule has 1 rings (SSSR count). The molecular formula is C7H15O4P. The van der Waals surface area contributed by atoms with Crippen molar-refractivity contribution in [3.8, 4) is 0 Å². The summed E-state index contributed by atoms with van der Waals surface area (Å²) in [6.07, 6.45) is 0. The molecule has 0 unspecified atom stereocenters. The Morgan fingerprint density at radius 1 is 1.42 bits per heavy atom. The first-order chi connectivity index (χ1) is 5.58. The molecule has 0 aliphatic carbocycles. The molecule has 1 fully saturated rings. The summed E-state index contributed by atoms with van der Waals surface area (Å²) in [7, 11) is -3.01. The Balaban J connectivity index is 2.65. The maximum atomic E-state index is 11.9. The second kappa shape index (κ2) is 3.46. The molecule has 1 heterocycles. The molecule has 0 aromatic rings. The third kappa shape index (κ3) is 1.72. The Morgan fingerprint density at radius 2 is 1.83 bits per heavy atom. The molecule has 0 saturated carbocycles. The molecular weight excluding hydrogens is 179 g/mol. The number of hydrogen-bond donors (Lipinski definition) is 0. The zero-order chi connectivity index (χ0) is 9.24. The highest BCUT2D eigenvalue weighted by atomic mass is 31.2. The van der Waals surface area contributed by atoms with Crippen molar-refractivity contribution in [2.45, 2.75) is 26.1 Å². The highest BCUT2D eigenvalue weighted by Gasteiger charge is 2.58. The van der Waals surface area contributed by atoms with Gasteiger partial charge in [0.15, 0.2) is 5.34 Å². The van der Waals surface area contributed by atoms with Crippen molar-refractivity contribution in [3.63, 3.8) is 0 Å². The van der Waals surface area contributed by atoms with Gasteiger partial charge >= 0.3 is 7.60 Å². The van der Waals surface area contributed by atoms with Gasteiger partial charge in [0, 0.05) is 0 Å². The highest BCUT2D eigenvalue weighted by molar-refractivity contribution is 7.55. The van der Waals surface area contributed by atoms with Gasteiger partial charge in [0.1, 0.15) is 0 Å². The summed E-state index contributed by atoms with van der Waals surface area (Å²) >= 11 is 0. The van der Waals surface area contributed by atoms with Gasteiger partial charge in [-0.3, -0.25) is 4.57 Å². The van der Waals surface area contributed by atoms with Crippen LogP contribution < -0.4 is 0 Å². The van der Waals surface area contributed by atoms with Gasteiger partial charge in [0.25, 0.3) is 0 Å². The number of epoxide rings is 1. The van der Waals surface area contributed by atoms with Crippen LogP contribution in [0.3, 0.4) is 0 Å². The van der Waals surface area contributed by atoms with Gasteiger partial charge in [0.2, 0.25) is 0 Å². The summed E-state index contributed by atoms with van der Waals surface area (Å²) in [5.74, 6) is 0. The van der Waals surface area contributed by atoms with Crippen LogP contribution >= 0.6 is 7.60 Å². The van der Waals surface area contributed by atoms with Crippen molar-refractivity contribution in [2.75, 3.05) is 19.8 Å². The van der Waals surface area contributed by atoms with Gasteiger partial charge in [-0.05, 0) is 20.8 Å². The van der Waals surface area contributed by atoms with E-state index >= 15 is 0 Å². The molecule has 1 saturated heterocycles. The van der Waals surface area contributed by atoms with Crippen LogP contribution in [0.1, 0.15) is 20.8 Å². The van der Waals surface area contributed by atoms with E-state index in [9.17, 15) is 4.57 Å². The Bertz CT molecular complexity index is 190. The van der Waals surface area contributed by atoms with Crippen LogP contribution in [-0.2, 0) is 18.3 Å². The maximum absolute atomic E-state index is 11.9. The summed E-state index contributed by atoms with van der Waals surface area (Å²) < 4.78 is 27.2. The van der Waals surface area contributed by atoms with Gasteiger partial charge in [0.05, 0.1) is 19.8 Å². The lowest BCUT2D eigenvalue weighted by Crippen LogP contribution is -2.11. The minimum Gasteiger partial charge on any atom is -0.356 e. The fourth-order valence-electron chi connectivity index (χ4n) is 0.913. The van der Waals surface area contributed by atoms with Crippen molar-refractivity contribution in [3.05, 3.63) is 0 Å². The lowest BCUT2D eigenvalue weighted by atomic mass is 10.6. The monoisotopic (exact) mass is 194 g/mol. The Hall–Kier alpha value is 0.110. The zero-order valence-electron chi connectivity index (χ0n) is 7.70. The van der Waals surface area contributed by atoms with Gasteiger partial charge in [-0.2, -0.15) is 0 Å². The quantitative estimate of drug-likeness (QED) is 0.496. The van der Waals surface area contributed by atoms with Gasteiger partial charge in [-0.1, -0.05) is 0 Å². The molecule has 0 radical (unpaired) electrons. The van der Waals surface area contributed by atoms with E-state index in [4.69, 9.17) is 13.8 Å². The van der Waals surface area contributed by atoms with E-state index in [1.807, 2.05) is 0 Å². The molecule has 0 aromatic carbocycles. The fourth-order valence-corrected chi connectivity index (χ4v) is 2.59. The van der Waals surface area contributed by atoms with Crippen LogP contribution in [-0.4, -0.2) is 25.2 Å². The summed E-state index contributed by atoms with van der Waals surface area (Å²) in [4.78, 5) is 0. The number of ether oxygens (including phenoxy) is 1. The highest BCUT2D eigenvalue weighted by Crippen LogP contribution is 2.66. The Morgan fingerprint density at radius 3 is 2.08 bits per heavy atom. The van der Waals surface area contributed by atoms with Crippen LogP contribution in [0.15, 0.2) is 0 Å². The molecule has 0 bridgehead atoms. The van der Waals surface area contributed by atoms with Gasteiger partial charge < -0.3 is 13.8 Å². The molecule has 5 heteroatoms. The van der Waals surface area contributed by atoms with Crippen molar-refractivity contribution in [1.29, 1.82) is 0 Å². The molecule has 1 atom stereocenters. The van der Waals surface area contributed by atoms with Crippen LogP contribution in [0.25, 0.3) is 0 Å². The standard InChI is InChI=1S/C7H15O4P/c1-4-10-12(8,11-5-2)7(3)6-9-7/h4-6H2,1-3H3/t7-/m0/s1. The summed E-state index contributed by atoms with van der Waals surface area (Å²) in [6.45, 7) is 6.56. The normalized spacial score (nSPS) is 28.9. The van der Waals surface area contributed by atoms with E-state index in [0.717, 1.165) is 0 Å². The van der Waals surface area contributed by atoms with Crippen LogP contribution in [0.4, 0.5) is 0 Å². The lowest BCUT2D eigenvalue weighted by molar-refractivity contribution is 0.191. The smallest absolute Gasteiger partial charge is 0.356 e. The molecule has 0 N–H and O–H groups in total. The molecule has 1 aliphatic heterocycles. The fraction of sp³-hybridized carbons (Fsp3) is 1.00. The average molecular weight is 194 g/mol. The largest absolute Gasteiger partial charge is 0.364 e. The van der Waals surface area contributed by atoms with Crippen LogP contribution in [0.2, 0.25) is 0 Å². The van der Waals surface area contributed by atoms with Gasteiger partial charge in [-0.25, -0.2) is 0 Å². The first-order valence-electron chi connectivity index (χ1n) is 4.11. The van der Waals surface area contributed by atoms with E-state index in [1.165, 1.54) is 0 Å². The van der Waals surface area contributed by atoms with E-state index in [0.29, 0.717) is 19.8 Å². The number of hydrogen-bond acceptors (Lipinski definition) is 4. The van der Waals surface area contributed by atoms with Gasteiger partial charge in [-0.15, -0.1) is 0 Å². The summed E-state index contributed by atoms with van der Waals surface area (Å²) in [5.41, 5.74) is 0. The van der Waals surface area contributed by atoms with E-state index < -0.39 is 12.9 Å². The van der Waals surface area contributed by atoms with E-state index in [2.05, 4.69) is 0 Å². The molecule has 0 amide bonds. The minimum atomic E-state index is -3.01. The molecule has 4 nitrogen and oxygen atoms in total.